The molecule has 1 aliphatic rings. The zero-order valence-corrected chi connectivity index (χ0v) is 14.5. The molecule has 2 heterocycles. The molecule has 1 N–H and O–H groups in total. The van der Waals surface area contributed by atoms with E-state index in [1.54, 1.807) is 6.92 Å². The summed E-state index contributed by atoms with van der Waals surface area (Å²) in [6, 6.07) is 9.39. The maximum absolute atomic E-state index is 11.4. The van der Waals surface area contributed by atoms with Gasteiger partial charge in [-0.2, -0.15) is 4.98 Å². The quantitative estimate of drug-likeness (QED) is 0.926. The average molecular weight is 346 g/mol. The Morgan fingerprint density at radius 3 is 2.42 bits per heavy atom. The van der Waals surface area contributed by atoms with Crippen LogP contribution in [0.3, 0.4) is 0 Å². The number of halogens is 1. The van der Waals surface area contributed by atoms with E-state index in [9.17, 15) is 4.79 Å². The molecule has 0 atom stereocenters. The average Bonchev–Trinajstić information content (AvgIpc) is 2.56. The van der Waals surface area contributed by atoms with Gasteiger partial charge in [-0.1, -0.05) is 11.6 Å². The SMILES string of the molecule is CC(=O)N1CCN(c2nc(C)cc(Nc3ccc(Cl)cc3)n2)CC1. The van der Waals surface area contributed by atoms with Gasteiger partial charge in [-0.15, -0.1) is 0 Å². The summed E-state index contributed by atoms with van der Waals surface area (Å²) in [5.74, 6) is 1.55. The second kappa shape index (κ2) is 7.05. The Morgan fingerprint density at radius 2 is 1.79 bits per heavy atom. The Bertz CT molecular complexity index is 726. The van der Waals surface area contributed by atoms with Crippen molar-refractivity contribution in [3.8, 4) is 0 Å². The van der Waals surface area contributed by atoms with Crippen LogP contribution in [0.4, 0.5) is 17.5 Å². The topological polar surface area (TPSA) is 61.4 Å². The molecule has 1 amide bonds. The molecule has 24 heavy (non-hydrogen) atoms. The Kier molecular flexibility index (Phi) is 4.85. The minimum absolute atomic E-state index is 0.116. The van der Waals surface area contributed by atoms with Gasteiger partial charge in [-0.3, -0.25) is 4.79 Å². The molecule has 0 aliphatic carbocycles. The molecular formula is C17H20ClN5O. The molecule has 0 radical (unpaired) electrons. The summed E-state index contributed by atoms with van der Waals surface area (Å²) in [5.41, 5.74) is 1.82. The zero-order chi connectivity index (χ0) is 17.1. The van der Waals surface area contributed by atoms with Crippen molar-refractivity contribution >= 4 is 35.0 Å². The van der Waals surface area contributed by atoms with Crippen molar-refractivity contribution in [2.45, 2.75) is 13.8 Å². The lowest BCUT2D eigenvalue weighted by Gasteiger charge is -2.34. The third-order valence-corrected chi connectivity index (χ3v) is 4.22. The maximum Gasteiger partial charge on any atom is 0.227 e. The number of benzene rings is 1. The second-order valence-corrected chi connectivity index (χ2v) is 6.26. The fourth-order valence-corrected chi connectivity index (χ4v) is 2.79. The molecule has 0 bridgehead atoms. The number of aromatic nitrogens is 2. The van der Waals surface area contributed by atoms with Crippen LogP contribution in [0.5, 0.6) is 0 Å². The second-order valence-electron chi connectivity index (χ2n) is 5.82. The molecule has 2 aromatic rings. The first-order valence-corrected chi connectivity index (χ1v) is 8.28. The smallest absolute Gasteiger partial charge is 0.227 e. The van der Waals surface area contributed by atoms with Crippen LogP contribution in [-0.2, 0) is 4.79 Å². The summed E-state index contributed by atoms with van der Waals surface area (Å²) < 4.78 is 0. The summed E-state index contributed by atoms with van der Waals surface area (Å²) in [5, 5.41) is 3.98. The van der Waals surface area contributed by atoms with Crippen molar-refractivity contribution in [3.63, 3.8) is 0 Å². The van der Waals surface area contributed by atoms with E-state index >= 15 is 0 Å². The number of piperazine rings is 1. The fourth-order valence-electron chi connectivity index (χ4n) is 2.66. The molecule has 126 valence electrons. The Labute approximate surface area is 146 Å². The predicted molar refractivity (Wildman–Crippen MR) is 96.0 cm³/mol. The van der Waals surface area contributed by atoms with E-state index in [4.69, 9.17) is 11.6 Å². The van der Waals surface area contributed by atoms with E-state index in [2.05, 4.69) is 20.2 Å². The van der Waals surface area contributed by atoms with Gasteiger partial charge in [0.05, 0.1) is 0 Å². The van der Waals surface area contributed by atoms with Crippen LogP contribution in [0.2, 0.25) is 5.02 Å². The molecule has 6 nitrogen and oxygen atoms in total. The summed E-state index contributed by atoms with van der Waals surface area (Å²) in [6.45, 7) is 6.43. The van der Waals surface area contributed by atoms with E-state index < -0.39 is 0 Å². The monoisotopic (exact) mass is 345 g/mol. The highest BCUT2D eigenvalue weighted by atomic mass is 35.5. The first-order chi connectivity index (χ1) is 11.5. The van der Waals surface area contributed by atoms with E-state index in [1.165, 1.54) is 0 Å². The van der Waals surface area contributed by atoms with Crippen LogP contribution in [0.15, 0.2) is 30.3 Å². The van der Waals surface area contributed by atoms with Crippen LogP contribution >= 0.6 is 11.6 Å². The van der Waals surface area contributed by atoms with Crippen molar-refractivity contribution in [3.05, 3.63) is 41.0 Å². The number of amides is 1. The molecule has 0 saturated carbocycles. The Balaban J connectivity index is 1.74. The number of nitrogens with one attached hydrogen (secondary N) is 1. The highest BCUT2D eigenvalue weighted by Crippen LogP contribution is 2.21. The number of carbonyl (C=O) groups is 1. The zero-order valence-electron chi connectivity index (χ0n) is 13.8. The largest absolute Gasteiger partial charge is 0.340 e. The minimum Gasteiger partial charge on any atom is -0.340 e. The first-order valence-electron chi connectivity index (χ1n) is 7.90. The number of rotatable bonds is 3. The summed E-state index contributed by atoms with van der Waals surface area (Å²) in [7, 11) is 0. The summed E-state index contributed by atoms with van der Waals surface area (Å²) in [4.78, 5) is 24.5. The molecule has 3 rings (SSSR count). The van der Waals surface area contributed by atoms with Crippen molar-refractivity contribution in [1.82, 2.24) is 14.9 Å². The maximum atomic E-state index is 11.4. The first kappa shape index (κ1) is 16.5. The van der Waals surface area contributed by atoms with Gasteiger partial charge in [0.2, 0.25) is 11.9 Å². The van der Waals surface area contributed by atoms with Gasteiger partial charge >= 0.3 is 0 Å². The van der Waals surface area contributed by atoms with Crippen LogP contribution in [-0.4, -0.2) is 47.0 Å². The van der Waals surface area contributed by atoms with Crippen molar-refractivity contribution in [2.75, 3.05) is 36.4 Å². The highest BCUT2D eigenvalue weighted by molar-refractivity contribution is 6.30. The third-order valence-electron chi connectivity index (χ3n) is 3.97. The van der Waals surface area contributed by atoms with Crippen molar-refractivity contribution in [1.29, 1.82) is 0 Å². The normalized spacial score (nSPS) is 14.6. The summed E-state index contributed by atoms with van der Waals surface area (Å²) in [6.07, 6.45) is 0. The van der Waals surface area contributed by atoms with Gasteiger partial charge in [0.1, 0.15) is 5.82 Å². The lowest BCUT2D eigenvalue weighted by molar-refractivity contribution is -0.129. The molecule has 0 unspecified atom stereocenters. The molecule has 0 spiro atoms. The van der Waals surface area contributed by atoms with Crippen LogP contribution in [0.1, 0.15) is 12.6 Å². The van der Waals surface area contributed by atoms with Crippen LogP contribution < -0.4 is 10.2 Å². The van der Waals surface area contributed by atoms with Gasteiger partial charge < -0.3 is 15.1 Å². The standard InChI is InChI=1S/C17H20ClN5O/c1-12-11-16(20-15-5-3-14(18)4-6-15)21-17(19-12)23-9-7-22(8-10-23)13(2)24/h3-6,11H,7-10H2,1-2H3,(H,19,20,21). The third kappa shape index (κ3) is 3.94. The predicted octanol–water partition coefficient (Wildman–Crippen LogP) is 2.85. The number of hydrogen-bond donors (Lipinski definition) is 1. The van der Waals surface area contributed by atoms with E-state index in [0.29, 0.717) is 24.1 Å². The van der Waals surface area contributed by atoms with Gasteiger partial charge in [-0.05, 0) is 31.2 Å². The number of nitrogens with zero attached hydrogens (tertiary/aromatic N) is 4. The minimum atomic E-state index is 0.116. The van der Waals surface area contributed by atoms with Gasteiger partial charge in [0.15, 0.2) is 0 Å². The lowest BCUT2D eigenvalue weighted by Crippen LogP contribution is -2.48. The summed E-state index contributed by atoms with van der Waals surface area (Å²) >= 11 is 5.91. The van der Waals surface area contributed by atoms with Crippen molar-refractivity contribution < 1.29 is 4.79 Å². The lowest BCUT2D eigenvalue weighted by atomic mass is 10.3. The van der Waals surface area contributed by atoms with Gasteiger partial charge in [0, 0.05) is 55.6 Å². The number of carbonyl (C=O) groups excluding carboxylic acids is 1. The van der Waals surface area contributed by atoms with Gasteiger partial charge in [-0.25, -0.2) is 4.98 Å². The number of hydrogen-bond acceptors (Lipinski definition) is 5. The van der Waals surface area contributed by atoms with E-state index in [1.807, 2.05) is 42.2 Å². The molecule has 1 fully saturated rings. The van der Waals surface area contributed by atoms with E-state index in [0.717, 1.165) is 30.3 Å². The van der Waals surface area contributed by atoms with Gasteiger partial charge in [0.25, 0.3) is 0 Å². The molecule has 7 heteroatoms. The molecule has 1 aromatic carbocycles. The molecular weight excluding hydrogens is 326 g/mol. The highest BCUT2D eigenvalue weighted by Gasteiger charge is 2.21. The van der Waals surface area contributed by atoms with Crippen LogP contribution in [0.25, 0.3) is 0 Å². The molecule has 1 aromatic heterocycles. The van der Waals surface area contributed by atoms with Crippen molar-refractivity contribution in [2.24, 2.45) is 0 Å². The molecule has 1 saturated heterocycles. The fraction of sp³-hybridized carbons (Fsp3) is 0.353. The number of anilines is 3. The number of aryl methyl sites for hydroxylation is 1. The van der Waals surface area contributed by atoms with E-state index in [-0.39, 0.29) is 5.91 Å². The molecule has 1 aliphatic heterocycles. The Hall–Kier alpha value is -2.34. The Morgan fingerprint density at radius 1 is 1.12 bits per heavy atom. The van der Waals surface area contributed by atoms with Crippen LogP contribution in [0, 0.1) is 6.92 Å².